The van der Waals surface area contributed by atoms with E-state index >= 15 is 0 Å². The van der Waals surface area contributed by atoms with E-state index in [1.807, 2.05) is 0 Å². The number of amides is 1. The van der Waals surface area contributed by atoms with Gasteiger partial charge >= 0.3 is 0 Å². The van der Waals surface area contributed by atoms with Gasteiger partial charge in [-0.15, -0.1) is 0 Å². The topological polar surface area (TPSA) is 114 Å². The number of fused-ring (bicyclic) bond motifs is 2. The highest BCUT2D eigenvalue weighted by molar-refractivity contribution is 8.00. The number of thioether (sulfide) groups is 1. The van der Waals surface area contributed by atoms with Gasteiger partial charge in [0.05, 0.1) is 34.9 Å². The van der Waals surface area contributed by atoms with Crippen LogP contribution in [-0.2, 0) is 24.9 Å². The lowest BCUT2D eigenvalue weighted by molar-refractivity contribution is -0.113. The molecule has 3 heterocycles. The van der Waals surface area contributed by atoms with E-state index in [1.165, 1.54) is 28.6 Å². The van der Waals surface area contributed by atoms with Crippen molar-refractivity contribution in [2.24, 2.45) is 13.0 Å². The van der Waals surface area contributed by atoms with Crippen LogP contribution in [0.5, 0.6) is 0 Å². The van der Waals surface area contributed by atoms with Gasteiger partial charge in [0.25, 0.3) is 5.56 Å². The molecule has 178 valence electrons. The number of nitrogens with zero attached hydrogens (tertiary/aromatic N) is 4. The summed E-state index contributed by atoms with van der Waals surface area (Å²) in [6.07, 6.45) is 6.15. The standard InChI is InChI=1S/C23H26FN7O2S/c1-31-20(33)11-27-18-5-4-17(24)16(21(18)31)10-25-7-13-2-3-14(6-13)26-8-15-9-28-23-22(29-15)30-19(32)12-34-23/h4-5,9,11,13-14,25-26H,2-3,6-8,10,12H2,1H3,(H,29,30,32)/t13-,14-/m0/s1. The van der Waals surface area contributed by atoms with Gasteiger partial charge in [-0.2, -0.15) is 0 Å². The molecule has 0 saturated heterocycles. The van der Waals surface area contributed by atoms with E-state index in [4.69, 9.17) is 0 Å². The predicted octanol–water partition coefficient (Wildman–Crippen LogP) is 1.95. The van der Waals surface area contributed by atoms with Crippen molar-refractivity contribution in [1.29, 1.82) is 0 Å². The van der Waals surface area contributed by atoms with Crippen LogP contribution in [0.15, 0.2) is 34.3 Å². The van der Waals surface area contributed by atoms with Crippen LogP contribution in [0.1, 0.15) is 30.5 Å². The summed E-state index contributed by atoms with van der Waals surface area (Å²) >= 11 is 1.40. The number of aromatic nitrogens is 4. The Bertz CT molecular complexity index is 1300. The first-order chi connectivity index (χ1) is 16.5. The predicted molar refractivity (Wildman–Crippen MR) is 128 cm³/mol. The third-order valence-corrected chi connectivity index (χ3v) is 7.40. The van der Waals surface area contributed by atoms with Crippen LogP contribution < -0.4 is 21.5 Å². The zero-order chi connectivity index (χ0) is 23.7. The van der Waals surface area contributed by atoms with E-state index < -0.39 is 0 Å². The first-order valence-electron chi connectivity index (χ1n) is 11.3. The molecule has 1 saturated carbocycles. The van der Waals surface area contributed by atoms with E-state index in [2.05, 4.69) is 30.9 Å². The number of halogens is 1. The molecule has 0 radical (unpaired) electrons. The first kappa shape index (κ1) is 22.9. The van der Waals surface area contributed by atoms with Crippen LogP contribution in [-0.4, -0.2) is 43.8 Å². The fourth-order valence-electron chi connectivity index (χ4n) is 4.65. The highest BCUT2D eigenvalue weighted by Gasteiger charge is 2.25. The number of nitrogens with one attached hydrogen (secondary N) is 3. The summed E-state index contributed by atoms with van der Waals surface area (Å²) in [5, 5.41) is 10.5. The Hall–Kier alpha value is -2.89. The fourth-order valence-corrected chi connectivity index (χ4v) is 5.35. The van der Waals surface area contributed by atoms with E-state index in [0.29, 0.717) is 53.2 Å². The maximum absolute atomic E-state index is 14.6. The van der Waals surface area contributed by atoms with Crippen LogP contribution in [0.2, 0.25) is 0 Å². The highest BCUT2D eigenvalue weighted by atomic mass is 32.2. The lowest BCUT2D eigenvalue weighted by Gasteiger charge is -2.17. The molecule has 2 aliphatic rings. The monoisotopic (exact) mass is 483 g/mol. The second-order valence-corrected chi connectivity index (χ2v) is 9.75. The van der Waals surface area contributed by atoms with Crippen LogP contribution in [0, 0.1) is 11.7 Å². The summed E-state index contributed by atoms with van der Waals surface area (Å²) in [4.78, 5) is 36.6. The molecule has 1 amide bonds. The van der Waals surface area contributed by atoms with Gasteiger partial charge in [0.2, 0.25) is 5.91 Å². The summed E-state index contributed by atoms with van der Waals surface area (Å²) < 4.78 is 16.0. The van der Waals surface area contributed by atoms with Gasteiger partial charge in [-0.05, 0) is 43.9 Å². The van der Waals surface area contributed by atoms with Crippen molar-refractivity contribution in [1.82, 2.24) is 30.2 Å². The number of benzene rings is 1. The third-order valence-electron chi connectivity index (χ3n) is 6.42. The van der Waals surface area contributed by atoms with Crippen molar-refractivity contribution < 1.29 is 9.18 Å². The lowest BCUT2D eigenvalue weighted by Crippen LogP contribution is -2.29. The molecule has 0 spiro atoms. The minimum Gasteiger partial charge on any atom is -0.312 e. The summed E-state index contributed by atoms with van der Waals surface area (Å²) in [7, 11) is 1.64. The molecule has 1 aliphatic heterocycles. The molecule has 3 aromatic rings. The average molecular weight is 484 g/mol. The summed E-state index contributed by atoms with van der Waals surface area (Å²) in [5.41, 5.74) is 2.15. The Morgan fingerprint density at radius 3 is 2.97 bits per heavy atom. The summed E-state index contributed by atoms with van der Waals surface area (Å²) in [6.45, 7) is 1.70. The van der Waals surface area contributed by atoms with Crippen molar-refractivity contribution in [3.05, 3.63) is 52.0 Å². The molecular weight excluding hydrogens is 457 g/mol. The zero-order valence-electron chi connectivity index (χ0n) is 18.8. The molecule has 1 aromatic carbocycles. The molecule has 0 bridgehead atoms. The Balaban J connectivity index is 1.14. The van der Waals surface area contributed by atoms with Gasteiger partial charge in [-0.1, -0.05) is 11.8 Å². The Labute approximate surface area is 200 Å². The molecule has 1 fully saturated rings. The van der Waals surface area contributed by atoms with Gasteiger partial charge in [0, 0.05) is 31.7 Å². The van der Waals surface area contributed by atoms with Crippen LogP contribution in [0.3, 0.4) is 0 Å². The molecule has 3 N–H and O–H groups in total. The van der Waals surface area contributed by atoms with Crippen molar-refractivity contribution in [2.75, 3.05) is 17.6 Å². The SMILES string of the molecule is Cn1c(=O)cnc2ccc(F)c(CNC[C@H]3CC[C@H](NCc4cnc5c(n4)NC(=O)CS5)C3)c21. The smallest absolute Gasteiger partial charge is 0.269 e. The van der Waals surface area contributed by atoms with Gasteiger partial charge in [0.15, 0.2) is 5.82 Å². The Morgan fingerprint density at radius 2 is 2.09 bits per heavy atom. The van der Waals surface area contributed by atoms with Crippen molar-refractivity contribution in [3.63, 3.8) is 0 Å². The highest BCUT2D eigenvalue weighted by Crippen LogP contribution is 2.28. The van der Waals surface area contributed by atoms with Crippen molar-refractivity contribution in [3.8, 4) is 0 Å². The minimum atomic E-state index is -0.338. The number of anilines is 1. The molecule has 5 rings (SSSR count). The lowest BCUT2D eigenvalue weighted by atomic mass is 10.1. The molecule has 2 atom stereocenters. The second-order valence-electron chi connectivity index (χ2n) is 8.79. The maximum atomic E-state index is 14.6. The number of aryl methyl sites for hydroxylation is 1. The molecule has 34 heavy (non-hydrogen) atoms. The number of hydrogen-bond donors (Lipinski definition) is 3. The van der Waals surface area contributed by atoms with Gasteiger partial charge in [-0.3, -0.25) is 9.59 Å². The quantitative estimate of drug-likeness (QED) is 0.467. The number of hydrogen-bond acceptors (Lipinski definition) is 8. The van der Waals surface area contributed by atoms with Crippen molar-refractivity contribution in [2.45, 2.75) is 43.4 Å². The largest absolute Gasteiger partial charge is 0.312 e. The zero-order valence-corrected chi connectivity index (χ0v) is 19.6. The van der Waals surface area contributed by atoms with Crippen molar-refractivity contribution >= 4 is 34.5 Å². The molecule has 2 aromatic heterocycles. The fraction of sp³-hybridized carbons (Fsp3) is 0.435. The Morgan fingerprint density at radius 1 is 1.21 bits per heavy atom. The van der Waals surface area contributed by atoms with Gasteiger partial charge in [-0.25, -0.2) is 19.3 Å². The maximum Gasteiger partial charge on any atom is 0.269 e. The number of carbonyl (C=O) groups is 1. The second kappa shape index (κ2) is 9.77. The molecular formula is C23H26FN7O2S. The minimum absolute atomic E-state index is 0.0510. The third kappa shape index (κ3) is 4.82. The number of carbonyl (C=O) groups excluding carboxylic acids is 1. The van der Waals surface area contributed by atoms with Crippen LogP contribution in [0.25, 0.3) is 11.0 Å². The van der Waals surface area contributed by atoms with Gasteiger partial charge < -0.3 is 20.5 Å². The normalized spacial score (nSPS) is 19.9. The summed E-state index contributed by atoms with van der Waals surface area (Å²) in [5.74, 6) is 1.00. The van der Waals surface area contributed by atoms with Gasteiger partial charge in [0.1, 0.15) is 10.8 Å². The van der Waals surface area contributed by atoms with E-state index in [1.54, 1.807) is 19.3 Å². The molecule has 0 unspecified atom stereocenters. The van der Waals surface area contributed by atoms with Crippen LogP contribution in [0.4, 0.5) is 10.2 Å². The first-order valence-corrected chi connectivity index (χ1v) is 12.3. The average Bonchev–Trinajstić information content (AvgIpc) is 3.29. The molecule has 11 heteroatoms. The van der Waals surface area contributed by atoms with E-state index in [-0.39, 0.29) is 17.3 Å². The summed E-state index contributed by atoms with van der Waals surface area (Å²) in [6, 6.07) is 3.37. The van der Waals surface area contributed by atoms with E-state index in [0.717, 1.165) is 36.5 Å². The Kier molecular flexibility index (Phi) is 6.57. The van der Waals surface area contributed by atoms with Crippen LogP contribution >= 0.6 is 11.8 Å². The molecule has 9 nitrogen and oxygen atoms in total. The molecule has 1 aliphatic carbocycles. The van der Waals surface area contributed by atoms with E-state index in [9.17, 15) is 14.0 Å². The number of rotatable bonds is 7.